The average molecular weight is 208 g/mol. The SMILES string of the molecule is CC(C(=O)O)=C(C)c1c(C)nn(C)c1C. The summed E-state index contributed by atoms with van der Waals surface area (Å²) < 4.78 is 1.77. The minimum Gasteiger partial charge on any atom is -0.478 e. The first-order valence-electron chi connectivity index (χ1n) is 4.77. The fourth-order valence-corrected chi connectivity index (χ4v) is 1.66. The van der Waals surface area contributed by atoms with Crippen molar-refractivity contribution < 1.29 is 9.90 Å². The van der Waals surface area contributed by atoms with Crippen molar-refractivity contribution in [2.45, 2.75) is 27.7 Å². The zero-order valence-corrected chi connectivity index (χ0v) is 9.75. The van der Waals surface area contributed by atoms with Crippen molar-refractivity contribution in [3.8, 4) is 0 Å². The minimum absolute atomic E-state index is 0.370. The molecular weight excluding hydrogens is 192 g/mol. The standard InChI is InChI=1S/C11H16N2O2/c1-6(7(2)11(14)15)10-8(3)12-13(5)9(10)4/h1-5H3,(H,14,15). The molecule has 0 atom stereocenters. The van der Waals surface area contributed by atoms with Gasteiger partial charge in [0.25, 0.3) is 0 Å². The highest BCUT2D eigenvalue weighted by Crippen LogP contribution is 2.24. The van der Waals surface area contributed by atoms with E-state index in [1.54, 1.807) is 11.6 Å². The summed E-state index contributed by atoms with van der Waals surface area (Å²) in [6, 6.07) is 0. The number of rotatable bonds is 2. The summed E-state index contributed by atoms with van der Waals surface area (Å²) in [5.74, 6) is -0.879. The molecule has 4 heteroatoms. The first-order valence-corrected chi connectivity index (χ1v) is 4.77. The molecule has 15 heavy (non-hydrogen) atoms. The zero-order valence-electron chi connectivity index (χ0n) is 9.75. The Morgan fingerprint density at radius 2 is 1.87 bits per heavy atom. The molecule has 1 aromatic heterocycles. The van der Waals surface area contributed by atoms with E-state index in [1.165, 1.54) is 0 Å². The van der Waals surface area contributed by atoms with E-state index in [0.29, 0.717) is 5.57 Å². The lowest BCUT2D eigenvalue weighted by molar-refractivity contribution is -0.132. The van der Waals surface area contributed by atoms with Gasteiger partial charge in [-0.3, -0.25) is 4.68 Å². The van der Waals surface area contributed by atoms with Gasteiger partial charge in [-0.05, 0) is 33.3 Å². The molecule has 0 radical (unpaired) electrons. The Bertz CT molecular complexity index is 442. The molecule has 82 valence electrons. The lowest BCUT2D eigenvalue weighted by Crippen LogP contribution is -2.00. The van der Waals surface area contributed by atoms with E-state index in [9.17, 15) is 4.79 Å². The van der Waals surface area contributed by atoms with Gasteiger partial charge in [0.15, 0.2) is 0 Å². The van der Waals surface area contributed by atoms with Crippen molar-refractivity contribution >= 4 is 11.5 Å². The fraction of sp³-hybridized carbons (Fsp3) is 0.455. The van der Waals surface area contributed by atoms with Crippen LogP contribution in [0.3, 0.4) is 0 Å². The summed E-state index contributed by atoms with van der Waals surface area (Å²) >= 11 is 0. The Morgan fingerprint density at radius 1 is 1.33 bits per heavy atom. The van der Waals surface area contributed by atoms with Crippen LogP contribution in [-0.4, -0.2) is 20.9 Å². The summed E-state index contributed by atoms with van der Waals surface area (Å²) in [6.07, 6.45) is 0. The van der Waals surface area contributed by atoms with Crippen molar-refractivity contribution in [3.05, 3.63) is 22.5 Å². The van der Waals surface area contributed by atoms with Crippen LogP contribution in [-0.2, 0) is 11.8 Å². The predicted molar refractivity (Wildman–Crippen MR) is 58.6 cm³/mol. The number of carboxylic acid groups (broad SMARTS) is 1. The zero-order chi connectivity index (χ0) is 11.7. The quantitative estimate of drug-likeness (QED) is 0.755. The molecular formula is C11H16N2O2. The summed E-state index contributed by atoms with van der Waals surface area (Å²) in [5, 5.41) is 13.2. The van der Waals surface area contributed by atoms with Crippen molar-refractivity contribution in [2.75, 3.05) is 0 Å². The second kappa shape index (κ2) is 3.88. The van der Waals surface area contributed by atoms with Crippen LogP contribution in [0.2, 0.25) is 0 Å². The van der Waals surface area contributed by atoms with Gasteiger partial charge in [-0.15, -0.1) is 0 Å². The van der Waals surface area contributed by atoms with Crippen molar-refractivity contribution in [2.24, 2.45) is 7.05 Å². The van der Waals surface area contributed by atoms with Crippen molar-refractivity contribution in [1.82, 2.24) is 9.78 Å². The molecule has 0 amide bonds. The second-order valence-electron chi connectivity index (χ2n) is 3.72. The summed E-state index contributed by atoms with van der Waals surface area (Å²) in [5.41, 5.74) is 3.95. The van der Waals surface area contributed by atoms with Crippen LogP contribution < -0.4 is 0 Å². The fourth-order valence-electron chi connectivity index (χ4n) is 1.66. The van der Waals surface area contributed by atoms with Crippen LogP contribution >= 0.6 is 0 Å². The van der Waals surface area contributed by atoms with E-state index in [4.69, 9.17) is 5.11 Å². The van der Waals surface area contributed by atoms with E-state index in [-0.39, 0.29) is 0 Å². The number of nitrogens with zero attached hydrogens (tertiary/aromatic N) is 2. The van der Waals surface area contributed by atoms with Crippen LogP contribution in [0.15, 0.2) is 5.57 Å². The van der Waals surface area contributed by atoms with Crippen molar-refractivity contribution in [1.29, 1.82) is 0 Å². The Balaban J connectivity index is 3.40. The normalized spacial score (nSPS) is 12.6. The third-order valence-electron chi connectivity index (χ3n) is 2.77. The molecule has 0 saturated heterocycles. The Kier molecular flexibility index (Phi) is 2.98. The molecule has 0 aliphatic carbocycles. The number of aliphatic carboxylic acids is 1. The predicted octanol–water partition coefficient (Wildman–Crippen LogP) is 1.91. The number of hydrogen-bond acceptors (Lipinski definition) is 2. The smallest absolute Gasteiger partial charge is 0.331 e. The number of allylic oxidation sites excluding steroid dienone is 1. The molecule has 1 rings (SSSR count). The van der Waals surface area contributed by atoms with Gasteiger partial charge in [-0.2, -0.15) is 5.10 Å². The van der Waals surface area contributed by atoms with E-state index in [1.807, 2.05) is 27.8 Å². The van der Waals surface area contributed by atoms with Crippen LogP contribution in [0.25, 0.3) is 5.57 Å². The second-order valence-corrected chi connectivity index (χ2v) is 3.72. The average Bonchev–Trinajstić information content (AvgIpc) is 2.39. The third kappa shape index (κ3) is 1.93. The molecule has 0 bridgehead atoms. The van der Waals surface area contributed by atoms with Gasteiger partial charge < -0.3 is 5.11 Å². The number of hydrogen-bond donors (Lipinski definition) is 1. The molecule has 4 nitrogen and oxygen atoms in total. The number of carbonyl (C=O) groups is 1. The third-order valence-corrected chi connectivity index (χ3v) is 2.77. The monoisotopic (exact) mass is 208 g/mol. The summed E-state index contributed by atoms with van der Waals surface area (Å²) in [4.78, 5) is 10.9. The Morgan fingerprint density at radius 3 is 2.20 bits per heavy atom. The molecule has 0 spiro atoms. The van der Waals surface area contributed by atoms with Crippen LogP contribution in [0.1, 0.15) is 30.8 Å². The van der Waals surface area contributed by atoms with Gasteiger partial charge >= 0.3 is 5.97 Å². The highest BCUT2D eigenvalue weighted by molar-refractivity contribution is 5.95. The maximum absolute atomic E-state index is 10.9. The van der Waals surface area contributed by atoms with Crippen LogP contribution in [0.4, 0.5) is 0 Å². The highest BCUT2D eigenvalue weighted by Gasteiger charge is 2.15. The van der Waals surface area contributed by atoms with Crippen molar-refractivity contribution in [3.63, 3.8) is 0 Å². The molecule has 0 fully saturated rings. The lowest BCUT2D eigenvalue weighted by Gasteiger charge is -2.04. The van der Waals surface area contributed by atoms with Gasteiger partial charge in [0.1, 0.15) is 0 Å². The summed E-state index contributed by atoms with van der Waals surface area (Å²) in [7, 11) is 1.86. The largest absolute Gasteiger partial charge is 0.478 e. The van der Waals surface area contributed by atoms with Gasteiger partial charge in [-0.25, -0.2) is 4.79 Å². The first kappa shape index (κ1) is 11.5. The molecule has 1 aromatic rings. The highest BCUT2D eigenvalue weighted by atomic mass is 16.4. The van der Waals surface area contributed by atoms with Gasteiger partial charge in [0, 0.05) is 23.9 Å². The van der Waals surface area contributed by atoms with E-state index in [2.05, 4.69) is 5.10 Å². The van der Waals surface area contributed by atoms with E-state index < -0.39 is 5.97 Å². The topological polar surface area (TPSA) is 55.1 Å². The Labute approximate surface area is 89.2 Å². The lowest BCUT2D eigenvalue weighted by atomic mass is 10.0. The molecule has 0 aliphatic rings. The minimum atomic E-state index is -0.879. The molecule has 0 aliphatic heterocycles. The summed E-state index contributed by atoms with van der Waals surface area (Å²) in [6.45, 7) is 7.26. The maximum atomic E-state index is 10.9. The maximum Gasteiger partial charge on any atom is 0.331 e. The number of carboxylic acids is 1. The molecule has 0 unspecified atom stereocenters. The number of aromatic nitrogens is 2. The molecule has 1 heterocycles. The van der Waals surface area contributed by atoms with E-state index >= 15 is 0 Å². The Hall–Kier alpha value is -1.58. The van der Waals surface area contributed by atoms with Gasteiger partial charge in [0.2, 0.25) is 0 Å². The molecule has 0 aromatic carbocycles. The molecule has 0 saturated carbocycles. The van der Waals surface area contributed by atoms with Crippen LogP contribution in [0, 0.1) is 13.8 Å². The van der Waals surface area contributed by atoms with E-state index in [0.717, 1.165) is 22.5 Å². The first-order chi connectivity index (χ1) is 6.86. The van der Waals surface area contributed by atoms with Gasteiger partial charge in [0.05, 0.1) is 5.69 Å². The van der Waals surface area contributed by atoms with Gasteiger partial charge in [-0.1, -0.05) is 0 Å². The number of aryl methyl sites for hydroxylation is 2. The van der Waals surface area contributed by atoms with Crippen LogP contribution in [0.5, 0.6) is 0 Å². The molecule has 1 N–H and O–H groups in total.